The zero-order valence-corrected chi connectivity index (χ0v) is 14.7. The van der Waals surface area contributed by atoms with Crippen molar-refractivity contribution in [1.29, 1.82) is 10.5 Å². The molecule has 0 unspecified atom stereocenters. The normalized spacial score (nSPS) is 10.7. The van der Waals surface area contributed by atoms with Gasteiger partial charge in [0, 0.05) is 11.6 Å². The van der Waals surface area contributed by atoms with Crippen LogP contribution >= 0.6 is 11.6 Å². The number of para-hydroxylation sites is 1. The Kier molecular flexibility index (Phi) is 5.37. The number of halogens is 1. The lowest BCUT2D eigenvalue weighted by Gasteiger charge is -2.05. The molecule has 0 saturated carbocycles. The first-order chi connectivity index (χ1) is 13.1. The molecular formula is C21H12ClN3O2. The van der Waals surface area contributed by atoms with E-state index in [1.54, 1.807) is 60.7 Å². The van der Waals surface area contributed by atoms with Gasteiger partial charge in [-0.25, -0.2) is 0 Å². The third-order valence-electron chi connectivity index (χ3n) is 3.70. The second kappa shape index (κ2) is 8.05. The number of nitrogens with zero attached hydrogens (tertiary/aromatic N) is 2. The van der Waals surface area contributed by atoms with Gasteiger partial charge in [0.1, 0.15) is 23.2 Å². The molecule has 1 amide bonds. The van der Waals surface area contributed by atoms with E-state index in [-0.39, 0.29) is 5.57 Å². The molecule has 3 rings (SSSR count). The number of nitriles is 2. The summed E-state index contributed by atoms with van der Waals surface area (Å²) in [5.74, 6) is 0.344. The Balaban J connectivity index is 1.81. The van der Waals surface area contributed by atoms with Crippen LogP contribution in [0.15, 0.2) is 70.7 Å². The number of hydrogen-bond donors (Lipinski definition) is 1. The van der Waals surface area contributed by atoms with Crippen LogP contribution < -0.4 is 5.32 Å². The second-order valence-electron chi connectivity index (χ2n) is 5.49. The summed E-state index contributed by atoms with van der Waals surface area (Å²) < 4.78 is 5.68. The van der Waals surface area contributed by atoms with E-state index in [1.807, 2.05) is 6.07 Å². The van der Waals surface area contributed by atoms with Crippen LogP contribution in [0, 0.1) is 22.7 Å². The summed E-state index contributed by atoms with van der Waals surface area (Å²) in [6.45, 7) is 0. The van der Waals surface area contributed by atoms with Crippen molar-refractivity contribution in [2.24, 2.45) is 0 Å². The molecule has 0 atom stereocenters. The molecule has 0 aliphatic heterocycles. The average Bonchev–Trinajstić information content (AvgIpc) is 3.16. The largest absolute Gasteiger partial charge is 0.457 e. The Hall–Kier alpha value is -3.80. The summed E-state index contributed by atoms with van der Waals surface area (Å²) in [5.41, 5.74) is 1.64. The topological polar surface area (TPSA) is 89.8 Å². The lowest BCUT2D eigenvalue weighted by molar-refractivity contribution is -0.112. The van der Waals surface area contributed by atoms with Crippen LogP contribution in [-0.2, 0) is 4.79 Å². The number of amides is 1. The van der Waals surface area contributed by atoms with Crippen molar-refractivity contribution in [3.8, 4) is 23.5 Å². The summed E-state index contributed by atoms with van der Waals surface area (Å²) >= 11 is 6.01. The molecule has 27 heavy (non-hydrogen) atoms. The Bertz CT molecular complexity index is 1100. The molecule has 2 aromatic carbocycles. The highest BCUT2D eigenvalue weighted by Crippen LogP contribution is 2.25. The first-order valence-electron chi connectivity index (χ1n) is 7.89. The van der Waals surface area contributed by atoms with Gasteiger partial charge < -0.3 is 9.73 Å². The van der Waals surface area contributed by atoms with Crippen molar-refractivity contribution in [1.82, 2.24) is 0 Å². The number of carbonyl (C=O) groups is 1. The summed E-state index contributed by atoms with van der Waals surface area (Å²) in [6, 6.07) is 21.0. The Morgan fingerprint density at radius 2 is 1.78 bits per heavy atom. The Morgan fingerprint density at radius 1 is 1.04 bits per heavy atom. The quantitative estimate of drug-likeness (QED) is 0.513. The fourth-order valence-corrected chi connectivity index (χ4v) is 2.52. The SMILES string of the molecule is N#C/C(=C/c1ccc(-c2ccc(C#N)cc2)o1)C(=O)Nc1ccccc1Cl. The van der Waals surface area contributed by atoms with Crippen molar-refractivity contribution in [3.63, 3.8) is 0 Å². The molecule has 0 fully saturated rings. The number of anilines is 1. The predicted molar refractivity (Wildman–Crippen MR) is 103 cm³/mol. The molecule has 1 N–H and O–H groups in total. The van der Waals surface area contributed by atoms with E-state index in [2.05, 4.69) is 11.4 Å². The molecule has 0 bridgehead atoms. The van der Waals surface area contributed by atoms with Crippen LogP contribution in [0.4, 0.5) is 5.69 Å². The van der Waals surface area contributed by atoms with Gasteiger partial charge in [-0.3, -0.25) is 4.79 Å². The Labute approximate surface area is 160 Å². The molecule has 1 aromatic heterocycles. The van der Waals surface area contributed by atoms with Crippen LogP contribution in [0.1, 0.15) is 11.3 Å². The number of nitrogens with one attached hydrogen (secondary N) is 1. The molecule has 130 valence electrons. The molecule has 0 aliphatic carbocycles. The van der Waals surface area contributed by atoms with Crippen LogP contribution in [0.5, 0.6) is 0 Å². The Morgan fingerprint density at radius 3 is 2.44 bits per heavy atom. The van der Waals surface area contributed by atoms with Gasteiger partial charge in [0.15, 0.2) is 0 Å². The van der Waals surface area contributed by atoms with Crippen molar-refractivity contribution in [3.05, 3.63) is 82.6 Å². The number of carbonyl (C=O) groups excluding carboxylic acids is 1. The molecule has 6 heteroatoms. The molecule has 0 saturated heterocycles. The van der Waals surface area contributed by atoms with Crippen molar-refractivity contribution in [2.45, 2.75) is 0 Å². The highest BCUT2D eigenvalue weighted by molar-refractivity contribution is 6.34. The monoisotopic (exact) mass is 373 g/mol. The van der Waals surface area contributed by atoms with E-state index in [0.717, 1.165) is 5.56 Å². The minimum atomic E-state index is -0.582. The third kappa shape index (κ3) is 4.24. The molecule has 0 aliphatic rings. The van der Waals surface area contributed by atoms with Crippen molar-refractivity contribution < 1.29 is 9.21 Å². The molecule has 0 spiro atoms. The number of hydrogen-bond acceptors (Lipinski definition) is 4. The average molecular weight is 374 g/mol. The molecule has 1 heterocycles. The highest BCUT2D eigenvalue weighted by atomic mass is 35.5. The van der Waals surface area contributed by atoms with Gasteiger partial charge >= 0.3 is 0 Å². The minimum Gasteiger partial charge on any atom is -0.457 e. The molecule has 5 nitrogen and oxygen atoms in total. The van der Waals surface area contributed by atoms with Crippen LogP contribution in [-0.4, -0.2) is 5.91 Å². The fourth-order valence-electron chi connectivity index (χ4n) is 2.34. The van der Waals surface area contributed by atoms with Crippen LogP contribution in [0.25, 0.3) is 17.4 Å². The number of benzene rings is 2. The highest BCUT2D eigenvalue weighted by Gasteiger charge is 2.13. The van der Waals surface area contributed by atoms with Gasteiger partial charge in [0.05, 0.1) is 22.3 Å². The van der Waals surface area contributed by atoms with E-state index in [1.165, 1.54) is 6.08 Å². The molecular weight excluding hydrogens is 362 g/mol. The summed E-state index contributed by atoms with van der Waals surface area (Å²) in [6.07, 6.45) is 1.36. The standard InChI is InChI=1S/C21H12ClN3O2/c22-18-3-1-2-4-19(18)25-21(26)16(13-24)11-17-9-10-20(27-17)15-7-5-14(12-23)6-8-15/h1-11H,(H,25,26)/b16-11-. The smallest absolute Gasteiger partial charge is 0.266 e. The van der Waals surface area contributed by atoms with Crippen LogP contribution in [0.3, 0.4) is 0 Å². The maximum Gasteiger partial charge on any atom is 0.266 e. The first-order valence-corrected chi connectivity index (χ1v) is 8.26. The molecule has 3 aromatic rings. The zero-order valence-electron chi connectivity index (χ0n) is 13.9. The lowest BCUT2D eigenvalue weighted by Crippen LogP contribution is -2.13. The van der Waals surface area contributed by atoms with E-state index < -0.39 is 5.91 Å². The maximum atomic E-state index is 12.3. The van der Waals surface area contributed by atoms with Gasteiger partial charge in [-0.15, -0.1) is 0 Å². The summed E-state index contributed by atoms with van der Waals surface area (Å²) in [4.78, 5) is 12.3. The van der Waals surface area contributed by atoms with E-state index >= 15 is 0 Å². The van der Waals surface area contributed by atoms with Crippen LogP contribution in [0.2, 0.25) is 5.02 Å². The molecule has 0 radical (unpaired) electrons. The van der Waals surface area contributed by atoms with E-state index in [4.69, 9.17) is 21.3 Å². The van der Waals surface area contributed by atoms with Gasteiger partial charge in [-0.1, -0.05) is 23.7 Å². The van der Waals surface area contributed by atoms with E-state index in [9.17, 15) is 10.1 Å². The predicted octanol–water partition coefficient (Wildman–Crippen LogP) is 5.02. The van der Waals surface area contributed by atoms with Gasteiger partial charge in [-0.05, 0) is 48.5 Å². The summed E-state index contributed by atoms with van der Waals surface area (Å²) in [5, 5.41) is 21.1. The van der Waals surface area contributed by atoms with Crippen molar-refractivity contribution in [2.75, 3.05) is 5.32 Å². The zero-order chi connectivity index (χ0) is 19.2. The fraction of sp³-hybridized carbons (Fsp3) is 0. The lowest BCUT2D eigenvalue weighted by atomic mass is 10.1. The first kappa shape index (κ1) is 18.0. The van der Waals surface area contributed by atoms with Crippen molar-refractivity contribution >= 4 is 29.3 Å². The maximum absolute atomic E-state index is 12.3. The minimum absolute atomic E-state index is 0.115. The second-order valence-corrected chi connectivity index (χ2v) is 5.90. The number of rotatable bonds is 4. The number of furan rings is 1. The van der Waals surface area contributed by atoms with Gasteiger partial charge in [0.25, 0.3) is 5.91 Å². The van der Waals surface area contributed by atoms with Gasteiger partial charge in [0.2, 0.25) is 0 Å². The third-order valence-corrected chi connectivity index (χ3v) is 4.03. The van der Waals surface area contributed by atoms with Gasteiger partial charge in [-0.2, -0.15) is 10.5 Å². The summed E-state index contributed by atoms with van der Waals surface area (Å²) in [7, 11) is 0. The van der Waals surface area contributed by atoms with E-state index in [0.29, 0.717) is 27.8 Å².